The van der Waals surface area contributed by atoms with Crippen molar-refractivity contribution in [2.45, 2.75) is 65.3 Å². The lowest BCUT2D eigenvalue weighted by molar-refractivity contribution is 0.406. The van der Waals surface area contributed by atoms with Crippen molar-refractivity contribution in [3.63, 3.8) is 0 Å². The van der Waals surface area contributed by atoms with Gasteiger partial charge < -0.3 is 107 Å². The molecular formula is C87H109ClFN21O13S. The Kier molecular flexibility index (Phi) is 27.5. The van der Waals surface area contributed by atoms with Crippen LogP contribution in [0.1, 0.15) is 34.6 Å². The number of fused-ring (bicyclic) bond motifs is 7. The van der Waals surface area contributed by atoms with E-state index in [1.165, 1.54) is 21.3 Å². The lowest BCUT2D eigenvalue weighted by Crippen LogP contribution is -2.54. The normalized spacial score (nSPS) is 18.9. The van der Waals surface area contributed by atoms with Crippen LogP contribution < -0.4 is 106 Å². The molecule has 0 spiro atoms. The van der Waals surface area contributed by atoms with E-state index in [0.29, 0.717) is 85.3 Å². The number of aromatic amines is 2. The second-order valence-electron chi connectivity index (χ2n) is 32.0. The summed E-state index contributed by atoms with van der Waals surface area (Å²) in [4.78, 5) is 91.2. The third kappa shape index (κ3) is 19.5. The number of hydrogen-bond acceptors (Lipinski definition) is 28. The molecule has 7 fully saturated rings. The molecule has 14 heterocycles. The molecule has 0 aliphatic carbocycles. The molecule has 37 heteroatoms. The predicted octanol–water partition coefficient (Wildman–Crippen LogP) is 7.97. The molecule has 0 bridgehead atoms. The van der Waals surface area contributed by atoms with E-state index in [0.717, 1.165) is 230 Å². The van der Waals surface area contributed by atoms with Gasteiger partial charge in [-0.1, -0.05) is 41.9 Å². The second kappa shape index (κ2) is 39.1. The van der Waals surface area contributed by atoms with Crippen LogP contribution >= 0.6 is 23.8 Å². The maximum atomic E-state index is 13.6. The minimum atomic E-state index is -0.466. The molecule has 7 aliphatic heterocycles. The monoisotopic (exact) mass is 1740 g/mol. The number of nitrogens with one attached hydrogen (secondary N) is 9. The summed E-state index contributed by atoms with van der Waals surface area (Å²) < 4.78 is 58.7. The summed E-state index contributed by atoms with van der Waals surface area (Å²) in [7, 11) is 6.73. The van der Waals surface area contributed by atoms with Gasteiger partial charge in [0, 0.05) is 233 Å². The summed E-state index contributed by atoms with van der Waals surface area (Å²) in [6, 6.07) is 37.7. The fourth-order valence-electron chi connectivity index (χ4n) is 17.2. The van der Waals surface area contributed by atoms with Gasteiger partial charge in [0.2, 0.25) is 0 Å². The molecule has 4 atom stereocenters. The van der Waals surface area contributed by atoms with E-state index in [4.69, 9.17) is 54.7 Å². The van der Waals surface area contributed by atoms with Crippen molar-refractivity contribution in [3.8, 4) is 0 Å². The Balaban J connectivity index is 0.000000112. The molecular weight excluding hydrogens is 1630 g/mol. The van der Waals surface area contributed by atoms with Crippen LogP contribution in [-0.2, 0) is 34.7 Å². The number of halogens is 2. The molecule has 7 aromatic carbocycles. The van der Waals surface area contributed by atoms with E-state index in [1.54, 1.807) is 48.0 Å². The Hall–Kier alpha value is -11.6. The smallest absolute Gasteiger partial charge is 0.420 e. The molecule has 34 nitrogen and oxygen atoms in total. The largest absolute Gasteiger partial charge is 0.427 e. The van der Waals surface area contributed by atoms with Gasteiger partial charge in [-0.05, 0) is 120 Å². The highest BCUT2D eigenvalue weighted by molar-refractivity contribution is 7.71. The first-order chi connectivity index (χ1) is 59.9. The van der Waals surface area contributed by atoms with Gasteiger partial charge in [0.05, 0.1) is 78.4 Å². The summed E-state index contributed by atoms with van der Waals surface area (Å²) in [6.45, 7) is 33.4. The molecule has 660 valence electrons. The lowest BCUT2D eigenvalue weighted by atomic mass is 10.1. The van der Waals surface area contributed by atoms with E-state index in [2.05, 4.69) is 110 Å². The van der Waals surface area contributed by atoms with Crippen LogP contribution in [0.3, 0.4) is 0 Å². The molecule has 0 unspecified atom stereocenters. The molecule has 7 saturated heterocycles. The molecule has 0 saturated carbocycles. The Morgan fingerprint density at radius 3 is 1.07 bits per heavy atom. The third-order valence-electron chi connectivity index (χ3n) is 23.2. The van der Waals surface area contributed by atoms with Gasteiger partial charge in [-0.2, -0.15) is 0 Å². The van der Waals surface area contributed by atoms with E-state index >= 15 is 0 Å². The number of oxazole rings is 7. The van der Waals surface area contributed by atoms with E-state index in [-0.39, 0.29) is 28.8 Å². The Morgan fingerprint density at radius 2 is 0.661 bits per heavy atom. The average molecular weight is 1740 g/mol. The van der Waals surface area contributed by atoms with E-state index in [1.807, 2.05) is 103 Å². The lowest BCUT2D eigenvalue weighted by Gasteiger charge is -2.37. The highest BCUT2D eigenvalue weighted by Gasteiger charge is 2.29. The van der Waals surface area contributed by atoms with Crippen LogP contribution in [0.5, 0.6) is 0 Å². The minimum absolute atomic E-state index is 0.268. The molecule has 9 N–H and O–H groups in total. The van der Waals surface area contributed by atoms with Crippen molar-refractivity contribution in [3.05, 3.63) is 194 Å². The Morgan fingerprint density at radius 1 is 0.355 bits per heavy atom. The van der Waals surface area contributed by atoms with Crippen LogP contribution in [0.2, 0.25) is 5.02 Å². The first kappa shape index (κ1) is 87.3. The van der Waals surface area contributed by atoms with Crippen LogP contribution in [0, 0.1) is 10.7 Å². The highest BCUT2D eigenvalue weighted by atomic mass is 35.5. The molecule has 7 aromatic heterocycles. The van der Waals surface area contributed by atoms with Crippen molar-refractivity contribution in [2.24, 2.45) is 28.2 Å². The molecule has 7 aliphatic rings. The quantitative estimate of drug-likeness (QED) is 0.0651. The number of rotatable bonds is 8. The maximum Gasteiger partial charge on any atom is 0.420 e. The van der Waals surface area contributed by atoms with Gasteiger partial charge in [0.1, 0.15) is 5.82 Å². The van der Waals surface area contributed by atoms with Crippen molar-refractivity contribution in [1.29, 1.82) is 0 Å². The summed E-state index contributed by atoms with van der Waals surface area (Å²) in [5, 5.41) is 24.1. The maximum absolute atomic E-state index is 13.6. The van der Waals surface area contributed by atoms with Gasteiger partial charge in [0.25, 0.3) is 4.84 Å². The number of piperazine rings is 7. The van der Waals surface area contributed by atoms with Gasteiger partial charge >= 0.3 is 34.5 Å². The van der Waals surface area contributed by atoms with Gasteiger partial charge in [-0.15, -0.1) is 0 Å². The van der Waals surface area contributed by atoms with Crippen LogP contribution in [0.15, 0.2) is 175 Å². The topological polar surface area (TPSA) is 358 Å². The van der Waals surface area contributed by atoms with Gasteiger partial charge in [0.15, 0.2) is 39.1 Å². The van der Waals surface area contributed by atoms with Crippen molar-refractivity contribution >= 4 is 141 Å². The Bertz CT molecular complexity index is 6360. The van der Waals surface area contributed by atoms with Gasteiger partial charge in [-0.3, -0.25) is 27.8 Å². The second-order valence-corrected chi connectivity index (χ2v) is 32.8. The summed E-state index contributed by atoms with van der Waals surface area (Å²) in [5.41, 5.74) is 17.0. The molecule has 14 aromatic rings. The fourth-order valence-corrected chi connectivity index (χ4v) is 17.6. The molecule has 21 rings (SSSR count). The number of para-hydroxylation sites is 5. The van der Waals surface area contributed by atoms with Crippen molar-refractivity contribution in [1.82, 2.24) is 70.0 Å². The average Bonchev–Trinajstić information content (AvgIpc) is 1.61. The summed E-state index contributed by atoms with van der Waals surface area (Å²) in [6.07, 6.45) is 0. The molecule has 0 amide bonds. The van der Waals surface area contributed by atoms with Crippen LogP contribution in [0.4, 0.5) is 44.2 Å². The van der Waals surface area contributed by atoms with E-state index < -0.39 is 11.5 Å². The van der Waals surface area contributed by atoms with Gasteiger partial charge in [-0.25, -0.2) is 33.2 Å². The van der Waals surface area contributed by atoms with Crippen LogP contribution in [0.25, 0.3) is 77.7 Å². The molecule has 124 heavy (non-hydrogen) atoms. The number of nitrogens with zero attached hydrogens (tertiary/aromatic N) is 12. The number of hydrogen-bond donors (Lipinski definition) is 9. The third-order valence-corrected chi connectivity index (χ3v) is 23.6. The number of anilines is 7. The van der Waals surface area contributed by atoms with Crippen molar-refractivity contribution < 1.29 is 35.3 Å². The zero-order valence-corrected chi connectivity index (χ0v) is 72.9. The standard InChI is InChI=1S/C14H19N3O2.2C13H17N3O2.C12H14ClN3O2.C12H14FN3O2.C12H15N3O2.C11H13N3OS/c1-9-7-17(8-10(2)15-9)12-6-4-5-11-13(12)19-14(18)16(11)3;1-8-6-16(7-9(2)14-8)11-5-3-4-10-12(11)18-13(17)15-10;1-2-16-11-5-3-4-10(12(11)18-13(16)17)15-8-6-14-7-9-15;2*1-15-9-6-8(13)7-10(11(9)18-12(15)17)16-4-2-14-3-5-16;1-14-9-3-2-4-10(11(9)17-12(14)16)15-7-5-13-6-8-15;16-11-13-8-2-1-3-9(10(8)15-11)14-6-4-12-5-7-14/h4-6,9-10,15H,7-8H2,1-3H3;3-5,8-9,14H,6-7H2,1-2H3,(H,15,17);3-5,14H,2,6-9H2,1H3;2*6-7,14H,2-5H2,1H3;2-4,13H,5-8H2,1H3;1-3,12H,4-7H2,(H,13,16)/t9-,10+;8-,9+;;;;;. The fraction of sp³-hybridized carbons (Fsp3) is 0.437. The number of aromatic nitrogens is 7. The van der Waals surface area contributed by atoms with Crippen LogP contribution in [-0.4, -0.2) is 214 Å². The number of H-pyrrole nitrogens is 2. The number of aryl methyl sites for hydroxylation is 5. The summed E-state index contributed by atoms with van der Waals surface area (Å²) in [5.74, 6) is -2.45. The molecule has 0 radical (unpaired) electrons. The zero-order chi connectivity index (χ0) is 87.0. The first-order valence-electron chi connectivity index (χ1n) is 42.4. The predicted molar refractivity (Wildman–Crippen MR) is 489 cm³/mol. The number of benzene rings is 7. The summed E-state index contributed by atoms with van der Waals surface area (Å²) >= 11 is 11.1. The minimum Gasteiger partial charge on any atom is -0.427 e. The zero-order valence-electron chi connectivity index (χ0n) is 71.3. The first-order valence-corrected chi connectivity index (χ1v) is 43.2. The SMILES string of the molecule is CCn1c(=O)oc2c(N3CCNCC3)cccc21.C[C@@H]1CN(c2cccc3[nH]c(=O)oc23)C[C@H](C)N1.C[C@@H]1CN(c2cccc3c2oc(=O)n3C)C[C@H](C)N1.Cn1c(=O)oc2c(N3CCNCC3)cc(Cl)cc21.Cn1c(=O)oc2c(N3CCNCC3)cc(F)cc21.Cn1c(=O)oc2c(N3CCNCC3)cccc21.S=c1[nH]c2cccc(N3CCNCC3)c2o1. The van der Waals surface area contributed by atoms with Crippen molar-refractivity contribution in [2.75, 3.05) is 191 Å². The van der Waals surface area contributed by atoms with E-state index in [9.17, 15) is 33.2 Å². The Labute approximate surface area is 722 Å². The highest BCUT2D eigenvalue weighted by Crippen LogP contribution is 2.35.